The molecule has 7 nitrogen and oxygen atoms in total. The van der Waals surface area contributed by atoms with Crippen LogP contribution in [0.15, 0.2) is 18.2 Å². The number of anilines is 1. The summed E-state index contributed by atoms with van der Waals surface area (Å²) in [6.07, 6.45) is 6.69. The van der Waals surface area contributed by atoms with Gasteiger partial charge in [0.2, 0.25) is 0 Å². The summed E-state index contributed by atoms with van der Waals surface area (Å²) in [5, 5.41) is 5.68. The lowest BCUT2D eigenvalue weighted by Gasteiger charge is -2.06. The van der Waals surface area contributed by atoms with Crippen LogP contribution in [-0.4, -0.2) is 36.4 Å². The molecule has 0 unspecified atom stereocenters. The Morgan fingerprint density at radius 1 is 1.12 bits per heavy atom. The number of methoxy groups -OCH3 is 1. The highest BCUT2D eigenvalue weighted by molar-refractivity contribution is 6.34. The zero-order valence-corrected chi connectivity index (χ0v) is 19.3. The minimum absolute atomic E-state index is 0.168. The van der Waals surface area contributed by atoms with Crippen molar-refractivity contribution < 1.29 is 23.5 Å². The van der Waals surface area contributed by atoms with Crippen molar-refractivity contribution in [1.82, 2.24) is 10.3 Å². The van der Waals surface area contributed by atoms with Gasteiger partial charge in [0.25, 0.3) is 11.8 Å². The highest BCUT2D eigenvalue weighted by Gasteiger charge is 2.26. The van der Waals surface area contributed by atoms with Crippen molar-refractivity contribution in [2.24, 2.45) is 0 Å². The number of halogens is 1. The van der Waals surface area contributed by atoms with Crippen molar-refractivity contribution in [3.05, 3.63) is 52.1 Å². The number of ether oxygens (including phenoxy) is 1. The van der Waals surface area contributed by atoms with Crippen LogP contribution < -0.4 is 10.6 Å². The second-order valence-corrected chi connectivity index (χ2v) is 8.22. The van der Waals surface area contributed by atoms with Gasteiger partial charge >= 0.3 is 5.97 Å². The first kappa shape index (κ1) is 24.2. The summed E-state index contributed by atoms with van der Waals surface area (Å²) in [6.45, 7) is 4.20. The van der Waals surface area contributed by atoms with Crippen molar-refractivity contribution in [3.63, 3.8) is 0 Å². The number of esters is 1. The first-order valence-corrected chi connectivity index (χ1v) is 11.2. The summed E-state index contributed by atoms with van der Waals surface area (Å²) in [4.78, 5) is 39.4. The maximum absolute atomic E-state index is 13.7. The van der Waals surface area contributed by atoms with Gasteiger partial charge in [0.15, 0.2) is 0 Å². The van der Waals surface area contributed by atoms with Crippen molar-refractivity contribution in [2.75, 3.05) is 19.0 Å². The number of rotatable bonds is 10. The molecule has 0 aliphatic carbocycles. The molecule has 2 amide bonds. The largest absolute Gasteiger partial charge is 0.469 e. The van der Waals surface area contributed by atoms with Gasteiger partial charge in [-0.25, -0.2) is 4.39 Å². The Hall–Kier alpha value is -3.42. The van der Waals surface area contributed by atoms with Crippen molar-refractivity contribution in [3.8, 4) is 0 Å². The Morgan fingerprint density at radius 2 is 1.85 bits per heavy atom. The van der Waals surface area contributed by atoms with E-state index in [0.29, 0.717) is 46.7 Å². The molecular weight excluding hydrogens is 425 g/mol. The summed E-state index contributed by atoms with van der Waals surface area (Å²) in [5.74, 6) is -1.07. The molecular formula is C25H30FN3O4. The van der Waals surface area contributed by atoms with Crippen LogP contribution >= 0.6 is 0 Å². The average molecular weight is 456 g/mol. The SMILES string of the molecule is COC(=O)CCCCCCCNC(=O)c1c(C)[nH]c(C=C2C(=O)Nc3ccc(F)cc32)c1C. The number of fused-ring (bicyclic) bond motifs is 1. The fraction of sp³-hybridized carbons (Fsp3) is 0.400. The van der Waals surface area contributed by atoms with E-state index in [1.54, 1.807) is 6.08 Å². The first-order valence-electron chi connectivity index (χ1n) is 11.2. The number of hydrogen-bond acceptors (Lipinski definition) is 4. The zero-order chi connectivity index (χ0) is 24.0. The van der Waals surface area contributed by atoms with Crippen molar-refractivity contribution in [2.45, 2.75) is 52.4 Å². The molecule has 0 saturated heterocycles. The molecule has 1 aliphatic rings. The van der Waals surface area contributed by atoms with Gasteiger partial charge in [0.1, 0.15) is 5.82 Å². The molecule has 33 heavy (non-hydrogen) atoms. The van der Waals surface area contributed by atoms with Crippen LogP contribution in [0.25, 0.3) is 11.6 Å². The van der Waals surface area contributed by atoms with Crippen LogP contribution in [0.1, 0.15) is 71.4 Å². The molecule has 8 heteroatoms. The molecule has 0 atom stereocenters. The molecule has 1 aromatic carbocycles. The molecule has 1 aliphatic heterocycles. The standard InChI is InChI=1S/C25H30FN3O4/c1-15-21(14-19-18-13-17(26)10-11-20(18)29-24(19)31)28-16(2)23(15)25(32)27-12-8-6-4-5-7-9-22(30)33-3/h10-11,13-14,28H,4-9,12H2,1-3H3,(H,27,32)(H,29,31). The number of aryl methyl sites for hydroxylation is 1. The number of nitrogens with one attached hydrogen (secondary N) is 3. The molecule has 0 radical (unpaired) electrons. The summed E-state index contributed by atoms with van der Waals surface area (Å²) in [6, 6.07) is 4.17. The normalized spacial score (nSPS) is 13.7. The summed E-state index contributed by atoms with van der Waals surface area (Å²) >= 11 is 0. The molecule has 3 N–H and O–H groups in total. The Balaban J connectivity index is 1.57. The molecule has 2 aromatic rings. The van der Waals surface area contributed by atoms with Crippen LogP contribution in [0.3, 0.4) is 0 Å². The Bertz CT molecular complexity index is 1090. The quantitative estimate of drug-likeness (QED) is 0.279. The summed E-state index contributed by atoms with van der Waals surface area (Å²) in [7, 11) is 1.39. The third-order valence-corrected chi connectivity index (χ3v) is 5.83. The lowest BCUT2D eigenvalue weighted by molar-refractivity contribution is -0.140. The first-order chi connectivity index (χ1) is 15.8. The van der Waals surface area contributed by atoms with Crippen LogP contribution in [0.4, 0.5) is 10.1 Å². The highest BCUT2D eigenvalue weighted by Crippen LogP contribution is 2.34. The van der Waals surface area contributed by atoms with Crippen LogP contribution in [-0.2, 0) is 14.3 Å². The van der Waals surface area contributed by atoms with Gasteiger partial charge in [-0.05, 0) is 56.5 Å². The second kappa shape index (κ2) is 10.9. The van der Waals surface area contributed by atoms with Crippen LogP contribution in [0, 0.1) is 19.7 Å². The molecule has 3 rings (SSSR count). The van der Waals surface area contributed by atoms with Gasteiger partial charge < -0.3 is 20.4 Å². The number of aromatic nitrogens is 1. The highest BCUT2D eigenvalue weighted by atomic mass is 19.1. The monoisotopic (exact) mass is 455 g/mol. The maximum Gasteiger partial charge on any atom is 0.305 e. The van der Waals surface area contributed by atoms with Crippen LogP contribution in [0.5, 0.6) is 0 Å². The summed E-state index contributed by atoms with van der Waals surface area (Å²) < 4.78 is 18.3. The molecule has 0 fully saturated rings. The summed E-state index contributed by atoms with van der Waals surface area (Å²) in [5.41, 5.74) is 4.06. The van der Waals surface area contributed by atoms with Gasteiger partial charge in [0.05, 0.1) is 18.2 Å². The van der Waals surface area contributed by atoms with Gasteiger partial charge in [-0.15, -0.1) is 0 Å². The molecule has 1 aromatic heterocycles. The van der Waals surface area contributed by atoms with E-state index in [-0.39, 0.29) is 17.8 Å². The molecule has 2 heterocycles. The van der Waals surface area contributed by atoms with Crippen LogP contribution in [0.2, 0.25) is 0 Å². The number of benzene rings is 1. The number of amides is 2. The van der Waals surface area contributed by atoms with Gasteiger partial charge in [-0.3, -0.25) is 14.4 Å². The third-order valence-electron chi connectivity index (χ3n) is 5.83. The number of carbonyl (C=O) groups is 3. The fourth-order valence-corrected chi connectivity index (χ4v) is 4.02. The van der Waals surface area contributed by atoms with E-state index >= 15 is 0 Å². The number of hydrogen-bond donors (Lipinski definition) is 3. The topological polar surface area (TPSA) is 100 Å². The van der Waals surface area contributed by atoms with E-state index in [1.165, 1.54) is 25.3 Å². The fourth-order valence-electron chi connectivity index (χ4n) is 4.02. The molecule has 0 bridgehead atoms. The predicted octanol–water partition coefficient (Wildman–Crippen LogP) is 4.51. The Kier molecular flexibility index (Phi) is 8.03. The van der Waals surface area contributed by atoms with E-state index < -0.39 is 5.82 Å². The third kappa shape index (κ3) is 5.88. The van der Waals surface area contributed by atoms with E-state index in [2.05, 4.69) is 20.4 Å². The number of carbonyl (C=O) groups excluding carboxylic acids is 3. The maximum atomic E-state index is 13.7. The van der Waals surface area contributed by atoms with E-state index in [4.69, 9.17) is 0 Å². The second-order valence-electron chi connectivity index (χ2n) is 8.22. The smallest absolute Gasteiger partial charge is 0.305 e. The lowest BCUT2D eigenvalue weighted by Crippen LogP contribution is -2.25. The minimum atomic E-state index is -0.418. The average Bonchev–Trinajstić information content (AvgIpc) is 3.24. The molecule has 0 saturated carbocycles. The number of aromatic amines is 1. The Morgan fingerprint density at radius 3 is 2.61 bits per heavy atom. The van der Waals surface area contributed by atoms with Gasteiger partial charge in [-0.2, -0.15) is 0 Å². The number of H-pyrrole nitrogens is 1. The molecule has 176 valence electrons. The van der Waals surface area contributed by atoms with E-state index in [0.717, 1.165) is 37.7 Å². The number of unbranched alkanes of at least 4 members (excludes halogenated alkanes) is 4. The van der Waals surface area contributed by atoms with Crippen molar-refractivity contribution in [1.29, 1.82) is 0 Å². The van der Waals surface area contributed by atoms with E-state index in [9.17, 15) is 18.8 Å². The van der Waals surface area contributed by atoms with Gasteiger partial charge in [-0.1, -0.05) is 19.3 Å². The lowest BCUT2D eigenvalue weighted by atomic mass is 10.0. The molecule has 0 spiro atoms. The van der Waals surface area contributed by atoms with Crippen molar-refractivity contribution >= 4 is 35.1 Å². The van der Waals surface area contributed by atoms with E-state index in [1.807, 2.05) is 13.8 Å². The predicted molar refractivity (Wildman–Crippen MR) is 125 cm³/mol. The Labute approximate surface area is 192 Å². The van der Waals surface area contributed by atoms with Gasteiger partial charge in [0, 0.05) is 35.6 Å². The minimum Gasteiger partial charge on any atom is -0.469 e. The zero-order valence-electron chi connectivity index (χ0n) is 19.3.